The second-order valence-corrected chi connectivity index (χ2v) is 7.09. The van der Waals surface area contributed by atoms with E-state index in [2.05, 4.69) is 5.32 Å². The molecule has 3 rings (SSSR count). The van der Waals surface area contributed by atoms with Crippen molar-refractivity contribution in [2.24, 2.45) is 5.92 Å². The number of rotatable bonds is 5. The van der Waals surface area contributed by atoms with Crippen molar-refractivity contribution in [1.82, 2.24) is 4.90 Å². The molecule has 2 unspecified atom stereocenters. The number of ether oxygens (including phenoxy) is 1. The molecule has 5 heteroatoms. The second kappa shape index (κ2) is 7.88. The molecule has 2 aliphatic carbocycles. The number of carbonyl (C=O) groups is 1. The Hall–Kier alpha value is -1.75. The summed E-state index contributed by atoms with van der Waals surface area (Å²) in [7, 11) is 1.78. The van der Waals surface area contributed by atoms with Crippen LogP contribution in [0.3, 0.4) is 0 Å². The number of aliphatic hydroxyl groups is 1. The van der Waals surface area contributed by atoms with Crippen LogP contribution in [0.25, 0.3) is 0 Å². The molecule has 1 aromatic carbocycles. The van der Waals surface area contributed by atoms with Gasteiger partial charge in [-0.25, -0.2) is 4.79 Å². The van der Waals surface area contributed by atoms with E-state index in [0.29, 0.717) is 12.2 Å². The van der Waals surface area contributed by atoms with Crippen molar-refractivity contribution in [1.29, 1.82) is 0 Å². The second-order valence-electron chi connectivity index (χ2n) is 7.09. The van der Waals surface area contributed by atoms with Crippen LogP contribution in [0.5, 0.6) is 5.75 Å². The van der Waals surface area contributed by atoms with Crippen molar-refractivity contribution in [2.75, 3.05) is 18.9 Å². The third kappa shape index (κ3) is 4.20. The van der Waals surface area contributed by atoms with Crippen LogP contribution in [-0.2, 0) is 0 Å². The zero-order valence-electron chi connectivity index (χ0n) is 14.4. The van der Waals surface area contributed by atoms with Crippen LogP contribution in [0, 0.1) is 5.92 Å². The minimum atomic E-state index is -0.279. The predicted molar refractivity (Wildman–Crippen MR) is 94.3 cm³/mol. The average Bonchev–Trinajstić information content (AvgIpc) is 3.22. The third-order valence-electron chi connectivity index (χ3n) is 5.20. The first kappa shape index (κ1) is 17.1. The standard InChI is InChI=1S/C19H28N2O3/c1-21(13-14-7-6-11-17(14)22)19(23)20-16-10-4-5-12-18(16)24-15-8-2-3-9-15/h4-5,10,12,14-15,17,22H,2-3,6-9,11,13H2,1H3,(H,20,23). The lowest BCUT2D eigenvalue weighted by atomic mass is 10.1. The van der Waals surface area contributed by atoms with E-state index in [4.69, 9.17) is 4.74 Å². The maximum atomic E-state index is 12.5. The molecule has 0 spiro atoms. The highest BCUT2D eigenvalue weighted by atomic mass is 16.5. The summed E-state index contributed by atoms with van der Waals surface area (Å²) in [5.74, 6) is 0.929. The van der Waals surface area contributed by atoms with Gasteiger partial charge < -0.3 is 20.1 Å². The Balaban J connectivity index is 1.59. The van der Waals surface area contributed by atoms with E-state index < -0.39 is 0 Å². The van der Waals surface area contributed by atoms with E-state index in [9.17, 15) is 9.90 Å². The number of nitrogens with zero attached hydrogens (tertiary/aromatic N) is 1. The molecule has 2 N–H and O–H groups in total. The van der Waals surface area contributed by atoms with Gasteiger partial charge in [-0.15, -0.1) is 0 Å². The molecule has 0 aromatic heterocycles. The summed E-state index contributed by atoms with van der Waals surface area (Å²) in [6.07, 6.45) is 7.45. The van der Waals surface area contributed by atoms with Gasteiger partial charge in [-0.1, -0.05) is 18.6 Å². The van der Waals surface area contributed by atoms with Crippen molar-refractivity contribution < 1.29 is 14.6 Å². The molecule has 2 fully saturated rings. The molecule has 2 atom stereocenters. The van der Waals surface area contributed by atoms with E-state index in [1.165, 1.54) is 12.8 Å². The number of hydrogen-bond donors (Lipinski definition) is 2. The van der Waals surface area contributed by atoms with Gasteiger partial charge in [0.15, 0.2) is 0 Å². The molecule has 132 valence electrons. The van der Waals surface area contributed by atoms with Gasteiger partial charge in [-0.3, -0.25) is 0 Å². The van der Waals surface area contributed by atoms with Crippen molar-refractivity contribution >= 4 is 11.7 Å². The number of para-hydroxylation sites is 2. The lowest BCUT2D eigenvalue weighted by molar-refractivity contribution is 0.116. The lowest BCUT2D eigenvalue weighted by Crippen LogP contribution is -2.37. The Morgan fingerprint density at radius 2 is 1.96 bits per heavy atom. The van der Waals surface area contributed by atoms with Gasteiger partial charge in [-0.05, 0) is 50.7 Å². The van der Waals surface area contributed by atoms with E-state index in [0.717, 1.165) is 37.9 Å². The summed E-state index contributed by atoms with van der Waals surface area (Å²) in [5, 5.41) is 12.9. The molecule has 0 aliphatic heterocycles. The molecule has 2 aliphatic rings. The number of amides is 2. The number of nitrogens with one attached hydrogen (secondary N) is 1. The Bertz CT molecular complexity index is 557. The summed E-state index contributed by atoms with van der Waals surface area (Å²) in [5.41, 5.74) is 0.716. The average molecular weight is 332 g/mol. The zero-order valence-corrected chi connectivity index (χ0v) is 14.4. The molecule has 0 bridgehead atoms. The highest BCUT2D eigenvalue weighted by molar-refractivity contribution is 5.90. The van der Waals surface area contributed by atoms with Crippen molar-refractivity contribution in [2.45, 2.75) is 57.2 Å². The Labute approximate surface area is 144 Å². The molecular weight excluding hydrogens is 304 g/mol. The summed E-state index contributed by atoms with van der Waals surface area (Å²) >= 11 is 0. The number of aliphatic hydroxyl groups excluding tert-OH is 1. The van der Waals surface area contributed by atoms with Gasteiger partial charge in [0.2, 0.25) is 0 Å². The van der Waals surface area contributed by atoms with Crippen LogP contribution < -0.4 is 10.1 Å². The van der Waals surface area contributed by atoms with E-state index >= 15 is 0 Å². The van der Waals surface area contributed by atoms with Crippen molar-refractivity contribution in [3.8, 4) is 5.75 Å². The van der Waals surface area contributed by atoms with E-state index in [-0.39, 0.29) is 24.2 Å². The molecule has 1 aromatic rings. The minimum absolute atomic E-state index is 0.156. The van der Waals surface area contributed by atoms with Crippen LogP contribution >= 0.6 is 0 Å². The van der Waals surface area contributed by atoms with Crippen LogP contribution in [0.2, 0.25) is 0 Å². The fraction of sp³-hybridized carbons (Fsp3) is 0.632. The highest BCUT2D eigenvalue weighted by Crippen LogP contribution is 2.30. The summed E-state index contributed by atoms with van der Waals surface area (Å²) in [6.45, 7) is 0.582. The van der Waals surface area contributed by atoms with Gasteiger partial charge in [0.05, 0.1) is 17.9 Å². The minimum Gasteiger partial charge on any atom is -0.488 e. The van der Waals surface area contributed by atoms with Crippen LogP contribution in [0.15, 0.2) is 24.3 Å². The van der Waals surface area contributed by atoms with Crippen LogP contribution in [0.4, 0.5) is 10.5 Å². The van der Waals surface area contributed by atoms with Crippen LogP contribution in [-0.4, -0.2) is 41.8 Å². The third-order valence-corrected chi connectivity index (χ3v) is 5.20. The van der Waals surface area contributed by atoms with E-state index in [1.54, 1.807) is 11.9 Å². The lowest BCUT2D eigenvalue weighted by Gasteiger charge is -2.24. The summed E-state index contributed by atoms with van der Waals surface area (Å²) < 4.78 is 6.06. The Morgan fingerprint density at radius 3 is 2.67 bits per heavy atom. The number of anilines is 1. The van der Waals surface area contributed by atoms with Gasteiger partial charge in [0.1, 0.15) is 5.75 Å². The maximum absolute atomic E-state index is 12.5. The fourth-order valence-electron chi connectivity index (χ4n) is 3.73. The molecule has 2 saturated carbocycles. The molecule has 2 amide bonds. The molecule has 24 heavy (non-hydrogen) atoms. The van der Waals surface area contributed by atoms with Gasteiger partial charge in [-0.2, -0.15) is 0 Å². The first-order chi connectivity index (χ1) is 11.6. The fourth-order valence-corrected chi connectivity index (χ4v) is 3.73. The SMILES string of the molecule is CN(CC1CCCC1O)C(=O)Nc1ccccc1OC1CCCC1. The number of hydrogen-bond acceptors (Lipinski definition) is 3. The highest BCUT2D eigenvalue weighted by Gasteiger charge is 2.27. The molecule has 0 saturated heterocycles. The smallest absolute Gasteiger partial charge is 0.321 e. The normalized spacial score (nSPS) is 24.1. The monoisotopic (exact) mass is 332 g/mol. The quantitative estimate of drug-likeness (QED) is 0.865. The van der Waals surface area contributed by atoms with Gasteiger partial charge in [0, 0.05) is 19.5 Å². The first-order valence-corrected chi connectivity index (χ1v) is 9.09. The van der Waals surface area contributed by atoms with Gasteiger partial charge in [0.25, 0.3) is 0 Å². The maximum Gasteiger partial charge on any atom is 0.321 e. The van der Waals surface area contributed by atoms with Crippen LogP contribution in [0.1, 0.15) is 44.9 Å². The topological polar surface area (TPSA) is 61.8 Å². The van der Waals surface area contributed by atoms with Crippen molar-refractivity contribution in [3.05, 3.63) is 24.3 Å². The first-order valence-electron chi connectivity index (χ1n) is 9.09. The van der Waals surface area contributed by atoms with E-state index in [1.807, 2.05) is 24.3 Å². The number of carbonyl (C=O) groups excluding carboxylic acids is 1. The molecular formula is C19H28N2O3. The number of urea groups is 1. The summed E-state index contributed by atoms with van der Waals surface area (Å²) in [4.78, 5) is 14.1. The predicted octanol–water partition coefficient (Wildman–Crippen LogP) is 3.63. The Morgan fingerprint density at radius 1 is 1.21 bits per heavy atom. The molecule has 0 radical (unpaired) electrons. The number of benzene rings is 1. The zero-order chi connectivity index (χ0) is 16.9. The van der Waals surface area contributed by atoms with Crippen molar-refractivity contribution in [3.63, 3.8) is 0 Å². The molecule has 5 nitrogen and oxygen atoms in total. The Kier molecular flexibility index (Phi) is 5.61. The molecule has 0 heterocycles. The summed E-state index contributed by atoms with van der Waals surface area (Å²) in [6, 6.07) is 7.46. The largest absolute Gasteiger partial charge is 0.488 e. The van der Waals surface area contributed by atoms with Gasteiger partial charge >= 0.3 is 6.03 Å².